The summed E-state index contributed by atoms with van der Waals surface area (Å²) < 4.78 is 1.64. The van der Waals surface area contributed by atoms with Crippen LogP contribution in [-0.2, 0) is 11.3 Å². The standard InChI is InChI=1S/C24H28N4O2S/c1-17(28-23(30)19-11-5-6-12-20(19)25-24(28)31)22(29)26(2)16-18-10-4-7-13-21(18)27-14-8-3-9-15-27/h4-7,10-13,17H,3,8-9,14-16H2,1-2H3,(H,25,31)/t17-/m1/s1. The number of hydrogen-bond acceptors (Lipinski definition) is 4. The number of amides is 1. The monoisotopic (exact) mass is 436 g/mol. The summed E-state index contributed by atoms with van der Waals surface area (Å²) in [5, 5.41) is 0.522. The molecule has 2 aromatic carbocycles. The van der Waals surface area contributed by atoms with Crippen LogP contribution in [0, 0.1) is 4.77 Å². The molecule has 1 atom stereocenters. The number of aromatic nitrogens is 2. The predicted molar refractivity (Wildman–Crippen MR) is 127 cm³/mol. The van der Waals surface area contributed by atoms with Gasteiger partial charge in [-0.05, 0) is 62.2 Å². The summed E-state index contributed by atoms with van der Waals surface area (Å²) in [5.41, 5.74) is 2.73. The zero-order valence-corrected chi connectivity index (χ0v) is 18.8. The Hall–Kier alpha value is -2.93. The number of para-hydroxylation sites is 2. The molecule has 0 aliphatic carbocycles. The van der Waals surface area contributed by atoms with Gasteiger partial charge in [0, 0.05) is 32.4 Å². The number of benzene rings is 2. The Morgan fingerprint density at radius 1 is 1.10 bits per heavy atom. The van der Waals surface area contributed by atoms with E-state index in [0.29, 0.717) is 17.4 Å². The number of rotatable bonds is 5. The molecule has 0 spiro atoms. The van der Waals surface area contributed by atoms with Gasteiger partial charge < -0.3 is 14.8 Å². The molecule has 7 heteroatoms. The number of hydrogen-bond donors (Lipinski definition) is 1. The lowest BCUT2D eigenvalue weighted by atomic mass is 10.1. The van der Waals surface area contributed by atoms with E-state index in [1.54, 1.807) is 31.0 Å². The van der Waals surface area contributed by atoms with Gasteiger partial charge in [0.25, 0.3) is 5.56 Å². The Morgan fingerprint density at radius 3 is 2.55 bits per heavy atom. The molecule has 2 heterocycles. The highest BCUT2D eigenvalue weighted by Gasteiger charge is 2.23. The molecular weight excluding hydrogens is 408 g/mol. The highest BCUT2D eigenvalue weighted by atomic mass is 32.1. The van der Waals surface area contributed by atoms with E-state index in [0.717, 1.165) is 18.7 Å². The summed E-state index contributed by atoms with van der Waals surface area (Å²) in [4.78, 5) is 33.5. The molecule has 6 nitrogen and oxygen atoms in total. The maximum absolute atomic E-state index is 13.3. The maximum atomic E-state index is 13.3. The van der Waals surface area contributed by atoms with Crippen molar-refractivity contribution in [1.29, 1.82) is 0 Å². The molecule has 0 bridgehead atoms. The molecule has 0 unspecified atom stereocenters. The Labute approximate surface area is 187 Å². The highest BCUT2D eigenvalue weighted by molar-refractivity contribution is 7.71. The number of H-pyrrole nitrogens is 1. The largest absolute Gasteiger partial charge is 0.371 e. The van der Waals surface area contributed by atoms with Crippen LogP contribution in [-0.4, -0.2) is 40.5 Å². The Balaban J connectivity index is 1.59. The van der Waals surface area contributed by atoms with Crippen LogP contribution in [0.2, 0.25) is 0 Å². The van der Waals surface area contributed by atoms with E-state index in [9.17, 15) is 9.59 Å². The van der Waals surface area contributed by atoms with Gasteiger partial charge in [-0.25, -0.2) is 0 Å². The van der Waals surface area contributed by atoms with Crippen molar-refractivity contribution in [3.8, 4) is 0 Å². The minimum absolute atomic E-state index is 0.148. The minimum Gasteiger partial charge on any atom is -0.371 e. The number of piperidine rings is 1. The van der Waals surface area contributed by atoms with Gasteiger partial charge >= 0.3 is 0 Å². The number of carbonyl (C=O) groups excluding carboxylic acids is 1. The fourth-order valence-corrected chi connectivity index (χ4v) is 4.73. The number of fused-ring (bicyclic) bond motifs is 1. The molecule has 31 heavy (non-hydrogen) atoms. The van der Waals surface area contributed by atoms with Gasteiger partial charge in [-0.3, -0.25) is 14.2 Å². The Morgan fingerprint density at radius 2 is 1.77 bits per heavy atom. The first-order chi connectivity index (χ1) is 15.0. The van der Waals surface area contributed by atoms with Crippen LogP contribution in [0.15, 0.2) is 53.3 Å². The van der Waals surface area contributed by atoms with Crippen LogP contribution in [0.3, 0.4) is 0 Å². The number of nitrogens with zero attached hydrogens (tertiary/aromatic N) is 3. The fourth-order valence-electron chi connectivity index (χ4n) is 4.38. The second-order valence-electron chi connectivity index (χ2n) is 8.20. The molecule has 162 valence electrons. The normalized spacial score (nSPS) is 15.1. The number of anilines is 1. The van der Waals surface area contributed by atoms with Crippen LogP contribution >= 0.6 is 12.2 Å². The molecule has 0 radical (unpaired) electrons. The number of nitrogens with one attached hydrogen (secondary N) is 1. The quantitative estimate of drug-likeness (QED) is 0.607. The molecule has 4 rings (SSSR count). The number of carbonyl (C=O) groups is 1. The van der Waals surface area contributed by atoms with E-state index in [1.807, 2.05) is 24.3 Å². The summed E-state index contributed by atoms with van der Waals surface area (Å²) in [5.74, 6) is -0.148. The van der Waals surface area contributed by atoms with Crippen LogP contribution in [0.1, 0.15) is 37.8 Å². The fraction of sp³-hybridized carbons (Fsp3) is 0.375. The summed E-state index contributed by atoms with van der Waals surface area (Å²) in [6.45, 7) is 4.31. The summed E-state index contributed by atoms with van der Waals surface area (Å²) >= 11 is 5.41. The maximum Gasteiger partial charge on any atom is 0.262 e. The van der Waals surface area contributed by atoms with Gasteiger partial charge in [0.2, 0.25) is 5.91 Å². The molecule has 1 fully saturated rings. The molecule has 1 aromatic heterocycles. The van der Waals surface area contributed by atoms with Gasteiger partial charge in [-0.1, -0.05) is 30.3 Å². The van der Waals surface area contributed by atoms with Gasteiger partial charge in [0.05, 0.1) is 10.9 Å². The van der Waals surface area contributed by atoms with E-state index in [4.69, 9.17) is 12.2 Å². The van der Waals surface area contributed by atoms with Gasteiger partial charge in [-0.2, -0.15) is 0 Å². The molecule has 1 aliphatic rings. The lowest BCUT2D eigenvalue weighted by molar-refractivity contribution is -0.133. The van der Waals surface area contributed by atoms with E-state index in [2.05, 4.69) is 22.0 Å². The highest BCUT2D eigenvalue weighted by Crippen LogP contribution is 2.25. The van der Waals surface area contributed by atoms with Crippen LogP contribution in [0.25, 0.3) is 10.9 Å². The lowest BCUT2D eigenvalue weighted by Gasteiger charge is -2.32. The Kier molecular flexibility index (Phi) is 6.23. The van der Waals surface area contributed by atoms with Gasteiger partial charge in [-0.15, -0.1) is 0 Å². The SMILES string of the molecule is C[C@H](C(=O)N(C)Cc1ccccc1N1CCCCC1)n1c(=S)[nH]c2ccccc2c1=O. The van der Waals surface area contributed by atoms with Gasteiger partial charge in [0.15, 0.2) is 4.77 Å². The van der Waals surface area contributed by atoms with Crippen molar-refractivity contribution in [3.63, 3.8) is 0 Å². The zero-order chi connectivity index (χ0) is 22.0. The summed E-state index contributed by atoms with van der Waals surface area (Å²) in [7, 11) is 1.78. The number of aromatic amines is 1. The first-order valence-electron chi connectivity index (χ1n) is 10.8. The van der Waals surface area contributed by atoms with Crippen molar-refractivity contribution in [1.82, 2.24) is 14.5 Å². The van der Waals surface area contributed by atoms with Crippen LogP contribution in [0.4, 0.5) is 5.69 Å². The van der Waals surface area contributed by atoms with Crippen LogP contribution < -0.4 is 10.5 Å². The van der Waals surface area contributed by atoms with E-state index in [1.165, 1.54) is 29.5 Å². The second-order valence-corrected chi connectivity index (χ2v) is 8.58. The molecule has 1 N–H and O–H groups in total. The van der Waals surface area contributed by atoms with Crippen molar-refractivity contribution in [2.24, 2.45) is 0 Å². The van der Waals surface area contributed by atoms with E-state index >= 15 is 0 Å². The van der Waals surface area contributed by atoms with Crippen molar-refractivity contribution in [2.45, 2.75) is 38.8 Å². The molecule has 1 saturated heterocycles. The lowest BCUT2D eigenvalue weighted by Crippen LogP contribution is -2.38. The topological polar surface area (TPSA) is 61.3 Å². The van der Waals surface area contributed by atoms with Crippen LogP contribution in [0.5, 0.6) is 0 Å². The molecule has 1 aliphatic heterocycles. The van der Waals surface area contributed by atoms with E-state index in [-0.39, 0.29) is 16.2 Å². The van der Waals surface area contributed by atoms with Gasteiger partial charge in [0.1, 0.15) is 6.04 Å². The van der Waals surface area contributed by atoms with Crippen molar-refractivity contribution < 1.29 is 4.79 Å². The third-order valence-corrected chi connectivity index (χ3v) is 6.35. The molecule has 0 saturated carbocycles. The summed E-state index contributed by atoms with van der Waals surface area (Å²) in [6.07, 6.45) is 3.67. The molecule has 1 amide bonds. The average molecular weight is 437 g/mol. The van der Waals surface area contributed by atoms with Crippen molar-refractivity contribution >= 4 is 34.7 Å². The predicted octanol–water partition coefficient (Wildman–Crippen LogP) is 4.27. The minimum atomic E-state index is -0.701. The molecular formula is C24H28N4O2S. The second kappa shape index (κ2) is 9.06. The van der Waals surface area contributed by atoms with Crippen molar-refractivity contribution in [3.05, 3.63) is 69.2 Å². The smallest absolute Gasteiger partial charge is 0.262 e. The first kappa shape index (κ1) is 21.3. The third kappa shape index (κ3) is 4.28. The van der Waals surface area contributed by atoms with Crippen molar-refractivity contribution in [2.75, 3.05) is 25.0 Å². The third-order valence-electron chi connectivity index (χ3n) is 6.05. The summed E-state index contributed by atoms with van der Waals surface area (Å²) in [6, 6.07) is 14.8. The zero-order valence-electron chi connectivity index (χ0n) is 18.0. The average Bonchev–Trinajstić information content (AvgIpc) is 2.79. The van der Waals surface area contributed by atoms with E-state index < -0.39 is 6.04 Å². The first-order valence-corrected chi connectivity index (χ1v) is 11.2. The molecule has 3 aromatic rings. The number of likely N-dealkylation sites (N-methyl/N-ethyl adjacent to an activating group) is 1. The Bertz CT molecular complexity index is 1210.